The van der Waals surface area contributed by atoms with Crippen molar-refractivity contribution in [3.05, 3.63) is 34.9 Å². The van der Waals surface area contributed by atoms with E-state index < -0.39 is 30.5 Å². The van der Waals surface area contributed by atoms with Crippen molar-refractivity contribution in [2.24, 2.45) is 0 Å². The molecule has 0 fully saturated rings. The maximum atomic E-state index is 12.3. The molecule has 1 aromatic carbocycles. The summed E-state index contributed by atoms with van der Waals surface area (Å²) >= 11 is 0. The summed E-state index contributed by atoms with van der Waals surface area (Å²) in [6.45, 7) is 3.47. The second kappa shape index (κ2) is 5.94. The highest BCUT2D eigenvalue weighted by Crippen LogP contribution is 2.23. The topological polar surface area (TPSA) is 66.4 Å². The van der Waals surface area contributed by atoms with E-state index in [1.807, 2.05) is 0 Å². The predicted octanol–water partition coefficient (Wildman–Crippen LogP) is 2.50. The zero-order valence-electron chi connectivity index (χ0n) is 10.9. The first-order valence-corrected chi connectivity index (χ1v) is 5.77. The zero-order valence-corrected chi connectivity index (χ0v) is 10.9. The highest BCUT2D eigenvalue weighted by molar-refractivity contribution is 5.82. The summed E-state index contributed by atoms with van der Waals surface area (Å²) in [6, 6.07) is 3.68. The Labute approximate surface area is 113 Å². The lowest BCUT2D eigenvalue weighted by atomic mass is 9.99. The molecule has 1 atom stereocenters. The summed E-state index contributed by atoms with van der Waals surface area (Å²) in [5.41, 5.74) is 1.88. The largest absolute Gasteiger partial charge is 0.481 e. The van der Waals surface area contributed by atoms with Gasteiger partial charge in [-0.15, -0.1) is 0 Å². The van der Waals surface area contributed by atoms with E-state index in [9.17, 15) is 22.8 Å². The van der Waals surface area contributed by atoms with Crippen LogP contribution >= 0.6 is 0 Å². The molecule has 2 N–H and O–H groups in total. The summed E-state index contributed by atoms with van der Waals surface area (Å²) in [7, 11) is 0. The Balaban J connectivity index is 3.06. The van der Waals surface area contributed by atoms with E-state index in [0.717, 1.165) is 11.1 Å². The van der Waals surface area contributed by atoms with E-state index in [-0.39, 0.29) is 0 Å². The molecule has 20 heavy (non-hydrogen) atoms. The van der Waals surface area contributed by atoms with Crippen LogP contribution in [-0.2, 0) is 9.59 Å². The van der Waals surface area contributed by atoms with E-state index in [2.05, 4.69) is 0 Å². The molecule has 0 aliphatic carbocycles. The summed E-state index contributed by atoms with van der Waals surface area (Å²) in [5, 5.41) is 10.5. The smallest absolute Gasteiger partial charge is 0.471 e. The first-order chi connectivity index (χ1) is 9.09. The minimum Gasteiger partial charge on any atom is -0.481 e. The fourth-order valence-electron chi connectivity index (χ4n) is 1.88. The van der Waals surface area contributed by atoms with Crippen molar-refractivity contribution in [3.8, 4) is 0 Å². The SMILES string of the molecule is Cc1cc(C)cc(C(CC(=O)O)NC(=O)C(F)(F)F)c1. The summed E-state index contributed by atoms with van der Waals surface area (Å²) in [5.74, 6) is -3.44. The lowest BCUT2D eigenvalue weighted by molar-refractivity contribution is -0.174. The Morgan fingerprint density at radius 2 is 1.70 bits per heavy atom. The first-order valence-electron chi connectivity index (χ1n) is 5.77. The van der Waals surface area contributed by atoms with Crippen LogP contribution in [0.3, 0.4) is 0 Å². The Bertz CT molecular complexity index is 506. The molecule has 0 aromatic heterocycles. The highest BCUT2D eigenvalue weighted by Gasteiger charge is 2.40. The van der Waals surface area contributed by atoms with Crippen molar-refractivity contribution in [1.29, 1.82) is 0 Å². The molecule has 0 saturated heterocycles. The maximum absolute atomic E-state index is 12.3. The van der Waals surface area contributed by atoms with Gasteiger partial charge in [-0.1, -0.05) is 29.3 Å². The van der Waals surface area contributed by atoms with Gasteiger partial charge in [0, 0.05) is 0 Å². The minimum absolute atomic E-state index is 0.336. The molecule has 1 rings (SSSR count). The average molecular weight is 289 g/mol. The lowest BCUT2D eigenvalue weighted by Gasteiger charge is -2.19. The molecule has 0 aliphatic rings. The van der Waals surface area contributed by atoms with Crippen LogP contribution < -0.4 is 5.32 Å². The highest BCUT2D eigenvalue weighted by atomic mass is 19.4. The van der Waals surface area contributed by atoms with E-state index in [1.165, 1.54) is 0 Å². The minimum atomic E-state index is -5.05. The van der Waals surface area contributed by atoms with Gasteiger partial charge in [0.2, 0.25) is 0 Å². The number of rotatable bonds is 4. The van der Waals surface area contributed by atoms with Crippen LogP contribution in [0.25, 0.3) is 0 Å². The molecule has 1 unspecified atom stereocenters. The van der Waals surface area contributed by atoms with Crippen LogP contribution in [0.5, 0.6) is 0 Å². The standard InChI is InChI=1S/C13H14F3NO3/c1-7-3-8(2)5-9(4-7)10(6-11(18)19)17-12(20)13(14,15)16/h3-5,10H,6H2,1-2H3,(H,17,20)(H,18,19). The fraction of sp³-hybridized carbons (Fsp3) is 0.385. The molecule has 0 heterocycles. The number of nitrogens with one attached hydrogen (secondary N) is 1. The molecule has 1 aromatic rings. The predicted molar refractivity (Wildman–Crippen MR) is 65.1 cm³/mol. The van der Waals surface area contributed by atoms with E-state index in [1.54, 1.807) is 37.4 Å². The molecule has 110 valence electrons. The molecular weight excluding hydrogens is 275 g/mol. The number of hydrogen-bond donors (Lipinski definition) is 2. The fourth-order valence-corrected chi connectivity index (χ4v) is 1.88. The number of carbonyl (C=O) groups excluding carboxylic acids is 1. The number of aliphatic carboxylic acids is 1. The quantitative estimate of drug-likeness (QED) is 0.895. The third-order valence-corrected chi connectivity index (χ3v) is 2.59. The number of amides is 1. The Hall–Kier alpha value is -2.05. The molecule has 0 saturated carbocycles. The number of halogens is 3. The second-order valence-corrected chi connectivity index (χ2v) is 4.54. The van der Waals surface area contributed by atoms with Gasteiger partial charge >= 0.3 is 18.1 Å². The van der Waals surface area contributed by atoms with Crippen molar-refractivity contribution >= 4 is 11.9 Å². The molecule has 7 heteroatoms. The average Bonchev–Trinajstić information content (AvgIpc) is 2.24. The van der Waals surface area contributed by atoms with E-state index in [4.69, 9.17) is 5.11 Å². The van der Waals surface area contributed by atoms with Gasteiger partial charge in [0.15, 0.2) is 0 Å². The molecule has 0 spiro atoms. The molecule has 0 bridgehead atoms. The zero-order chi connectivity index (χ0) is 15.5. The third-order valence-electron chi connectivity index (χ3n) is 2.59. The monoisotopic (exact) mass is 289 g/mol. The van der Waals surface area contributed by atoms with Crippen molar-refractivity contribution in [1.82, 2.24) is 5.32 Å². The Kier molecular flexibility index (Phi) is 4.75. The van der Waals surface area contributed by atoms with Crippen LogP contribution in [0.2, 0.25) is 0 Å². The van der Waals surface area contributed by atoms with Crippen molar-refractivity contribution < 1.29 is 27.9 Å². The number of benzene rings is 1. The van der Waals surface area contributed by atoms with Gasteiger partial charge in [-0.3, -0.25) is 9.59 Å². The van der Waals surface area contributed by atoms with E-state index >= 15 is 0 Å². The van der Waals surface area contributed by atoms with Gasteiger partial charge in [0.25, 0.3) is 0 Å². The van der Waals surface area contributed by atoms with Crippen LogP contribution in [0.15, 0.2) is 18.2 Å². The normalized spacial score (nSPS) is 12.8. The summed E-state index contributed by atoms with van der Waals surface area (Å²) < 4.78 is 36.8. The number of carbonyl (C=O) groups is 2. The summed E-state index contributed by atoms with van der Waals surface area (Å²) in [4.78, 5) is 21.7. The molecule has 4 nitrogen and oxygen atoms in total. The summed E-state index contributed by atoms with van der Waals surface area (Å²) in [6.07, 6.45) is -5.67. The number of hydrogen-bond acceptors (Lipinski definition) is 2. The lowest BCUT2D eigenvalue weighted by Crippen LogP contribution is -2.39. The van der Waals surface area contributed by atoms with Crippen LogP contribution in [-0.4, -0.2) is 23.2 Å². The number of carboxylic acids is 1. The molecule has 1 amide bonds. The maximum Gasteiger partial charge on any atom is 0.471 e. The second-order valence-electron chi connectivity index (χ2n) is 4.54. The van der Waals surface area contributed by atoms with Crippen LogP contribution in [0.4, 0.5) is 13.2 Å². The van der Waals surface area contributed by atoms with Gasteiger partial charge in [-0.2, -0.15) is 13.2 Å². The van der Waals surface area contributed by atoms with Crippen molar-refractivity contribution in [2.45, 2.75) is 32.5 Å². The first kappa shape index (κ1) is 16.0. The van der Waals surface area contributed by atoms with Crippen molar-refractivity contribution in [3.63, 3.8) is 0 Å². The van der Waals surface area contributed by atoms with Crippen LogP contribution in [0, 0.1) is 13.8 Å². The van der Waals surface area contributed by atoms with Crippen LogP contribution in [0.1, 0.15) is 29.2 Å². The molecular formula is C13H14F3NO3. The molecule has 0 radical (unpaired) electrons. The van der Waals surface area contributed by atoms with E-state index in [0.29, 0.717) is 5.56 Å². The Morgan fingerprint density at radius 1 is 1.20 bits per heavy atom. The third kappa shape index (κ3) is 4.56. The van der Waals surface area contributed by atoms with Gasteiger partial charge < -0.3 is 10.4 Å². The van der Waals surface area contributed by atoms with Crippen molar-refractivity contribution in [2.75, 3.05) is 0 Å². The number of aryl methyl sites for hydroxylation is 2. The Morgan fingerprint density at radius 3 is 2.10 bits per heavy atom. The van der Waals surface area contributed by atoms with Gasteiger partial charge in [0.05, 0.1) is 12.5 Å². The number of carboxylic acid groups (broad SMARTS) is 1. The molecule has 0 aliphatic heterocycles. The number of alkyl halides is 3. The van der Waals surface area contributed by atoms with Gasteiger partial charge in [-0.25, -0.2) is 0 Å². The van der Waals surface area contributed by atoms with Gasteiger partial charge in [0.1, 0.15) is 0 Å². The van der Waals surface area contributed by atoms with Gasteiger partial charge in [-0.05, 0) is 19.4 Å².